The Labute approximate surface area is 89.9 Å². The first-order valence-electron chi connectivity index (χ1n) is 4.30. The molecule has 13 heavy (non-hydrogen) atoms. The summed E-state index contributed by atoms with van der Waals surface area (Å²) < 4.78 is 0. The first-order chi connectivity index (χ1) is 6.00. The van der Waals surface area contributed by atoms with Gasteiger partial charge in [0, 0.05) is 16.0 Å². The van der Waals surface area contributed by atoms with Gasteiger partial charge >= 0.3 is 0 Å². The van der Waals surface area contributed by atoms with E-state index in [0.29, 0.717) is 16.0 Å². The maximum Gasteiger partial charge on any atom is 0.0423 e. The maximum absolute atomic E-state index is 5.90. The molecular weight excluding hydrogens is 203 g/mol. The molecule has 1 rings (SSSR count). The highest BCUT2D eigenvalue weighted by Crippen LogP contribution is 2.28. The zero-order valence-corrected chi connectivity index (χ0v) is 9.58. The Morgan fingerprint density at radius 1 is 1.08 bits per heavy atom. The summed E-state index contributed by atoms with van der Waals surface area (Å²) in [6.07, 6.45) is 0. The Kier molecular flexibility index (Phi) is 3.63. The summed E-state index contributed by atoms with van der Waals surface area (Å²) in [4.78, 5) is 0. The third-order valence-corrected chi connectivity index (χ3v) is 2.62. The highest BCUT2D eigenvalue weighted by molar-refractivity contribution is 6.34. The SMILES string of the molecule is C[C](c1cc(Cl)cc(Cl)c1)C(C)C. The summed E-state index contributed by atoms with van der Waals surface area (Å²) in [5.74, 6) is 1.83. The van der Waals surface area contributed by atoms with Crippen LogP contribution in [0.3, 0.4) is 0 Å². The lowest BCUT2D eigenvalue weighted by Gasteiger charge is -2.15. The molecule has 1 aromatic carbocycles. The van der Waals surface area contributed by atoms with Gasteiger partial charge in [0.1, 0.15) is 0 Å². The molecule has 0 N–H and O–H groups in total. The Balaban J connectivity index is 3.01. The number of halogens is 2. The van der Waals surface area contributed by atoms with E-state index < -0.39 is 0 Å². The fourth-order valence-corrected chi connectivity index (χ4v) is 1.64. The van der Waals surface area contributed by atoms with Gasteiger partial charge in [-0.05, 0) is 29.7 Å². The summed E-state index contributed by atoms with van der Waals surface area (Å²) >= 11 is 11.8. The van der Waals surface area contributed by atoms with E-state index in [2.05, 4.69) is 20.8 Å². The van der Waals surface area contributed by atoms with Gasteiger partial charge in [0.05, 0.1) is 0 Å². The van der Waals surface area contributed by atoms with E-state index in [4.69, 9.17) is 23.2 Å². The van der Waals surface area contributed by atoms with Crippen LogP contribution in [0.5, 0.6) is 0 Å². The number of rotatable bonds is 2. The minimum Gasteiger partial charge on any atom is -0.0843 e. The van der Waals surface area contributed by atoms with Gasteiger partial charge in [-0.25, -0.2) is 0 Å². The number of hydrogen-bond acceptors (Lipinski definition) is 0. The molecule has 0 unspecified atom stereocenters. The minimum atomic E-state index is 0.523. The Morgan fingerprint density at radius 3 is 1.92 bits per heavy atom. The van der Waals surface area contributed by atoms with E-state index in [0.717, 1.165) is 5.56 Å². The highest BCUT2D eigenvalue weighted by atomic mass is 35.5. The van der Waals surface area contributed by atoms with Gasteiger partial charge in [0.15, 0.2) is 0 Å². The lowest BCUT2D eigenvalue weighted by atomic mass is 9.90. The third-order valence-electron chi connectivity index (χ3n) is 2.18. The average Bonchev–Trinajstić information content (AvgIpc) is 2.01. The van der Waals surface area contributed by atoms with E-state index in [1.807, 2.05) is 12.1 Å². The molecule has 0 aliphatic carbocycles. The fraction of sp³-hybridized carbons (Fsp3) is 0.364. The largest absolute Gasteiger partial charge is 0.0843 e. The van der Waals surface area contributed by atoms with Gasteiger partial charge in [-0.2, -0.15) is 0 Å². The Morgan fingerprint density at radius 2 is 1.54 bits per heavy atom. The summed E-state index contributed by atoms with van der Waals surface area (Å²) in [7, 11) is 0. The van der Waals surface area contributed by atoms with Crippen LogP contribution in [0.2, 0.25) is 10.0 Å². The molecule has 1 radical (unpaired) electrons. The van der Waals surface area contributed by atoms with Crippen LogP contribution in [0.1, 0.15) is 26.3 Å². The third kappa shape index (κ3) is 2.89. The minimum absolute atomic E-state index is 0.523. The molecule has 0 saturated heterocycles. The molecule has 0 atom stereocenters. The lowest BCUT2D eigenvalue weighted by Crippen LogP contribution is -2.02. The summed E-state index contributed by atoms with van der Waals surface area (Å²) in [5, 5.41) is 1.39. The predicted octanol–water partition coefficient (Wildman–Crippen LogP) is 4.59. The van der Waals surface area contributed by atoms with Crippen LogP contribution in [-0.2, 0) is 0 Å². The molecule has 0 fully saturated rings. The maximum atomic E-state index is 5.90. The fourth-order valence-electron chi connectivity index (χ4n) is 1.11. The zero-order chi connectivity index (χ0) is 10.0. The Bertz CT molecular complexity index is 272. The molecule has 0 nitrogen and oxygen atoms in total. The van der Waals surface area contributed by atoms with E-state index in [-0.39, 0.29) is 0 Å². The second kappa shape index (κ2) is 4.34. The van der Waals surface area contributed by atoms with Crippen LogP contribution in [-0.4, -0.2) is 0 Å². The quantitative estimate of drug-likeness (QED) is 0.678. The van der Waals surface area contributed by atoms with Crippen molar-refractivity contribution in [3.8, 4) is 0 Å². The molecule has 0 aromatic heterocycles. The van der Waals surface area contributed by atoms with Crippen molar-refractivity contribution in [2.24, 2.45) is 5.92 Å². The van der Waals surface area contributed by atoms with E-state index in [9.17, 15) is 0 Å². The van der Waals surface area contributed by atoms with E-state index >= 15 is 0 Å². The molecular formula is C11H13Cl2. The first kappa shape index (κ1) is 10.9. The van der Waals surface area contributed by atoms with Crippen LogP contribution in [0, 0.1) is 11.8 Å². The van der Waals surface area contributed by atoms with Gasteiger partial charge in [-0.15, -0.1) is 0 Å². The van der Waals surface area contributed by atoms with Crippen LogP contribution >= 0.6 is 23.2 Å². The lowest BCUT2D eigenvalue weighted by molar-refractivity contribution is 0.690. The monoisotopic (exact) mass is 215 g/mol. The van der Waals surface area contributed by atoms with Crippen LogP contribution in [0.25, 0.3) is 0 Å². The van der Waals surface area contributed by atoms with E-state index in [1.165, 1.54) is 5.92 Å². The molecule has 0 bridgehead atoms. The van der Waals surface area contributed by atoms with Crippen molar-refractivity contribution in [1.82, 2.24) is 0 Å². The van der Waals surface area contributed by atoms with Gasteiger partial charge in [-0.1, -0.05) is 44.0 Å². The molecule has 0 spiro atoms. The smallest absolute Gasteiger partial charge is 0.0423 e. The molecule has 0 heterocycles. The van der Waals surface area contributed by atoms with Crippen molar-refractivity contribution < 1.29 is 0 Å². The standard InChI is InChI=1S/C11H13Cl2/c1-7(2)8(3)9-4-10(12)6-11(13)5-9/h4-7H,1-3H3. The van der Waals surface area contributed by atoms with Crippen molar-refractivity contribution >= 4 is 23.2 Å². The van der Waals surface area contributed by atoms with Crippen LogP contribution in [0.4, 0.5) is 0 Å². The molecule has 71 valence electrons. The second-order valence-electron chi connectivity index (χ2n) is 3.50. The Hall–Kier alpha value is -0.200. The van der Waals surface area contributed by atoms with Crippen LogP contribution in [0.15, 0.2) is 18.2 Å². The second-order valence-corrected chi connectivity index (χ2v) is 4.37. The van der Waals surface area contributed by atoms with Gasteiger partial charge in [0.25, 0.3) is 0 Å². The topological polar surface area (TPSA) is 0 Å². The van der Waals surface area contributed by atoms with Crippen molar-refractivity contribution in [1.29, 1.82) is 0 Å². The van der Waals surface area contributed by atoms with Crippen molar-refractivity contribution in [3.63, 3.8) is 0 Å². The predicted molar refractivity (Wildman–Crippen MR) is 59.3 cm³/mol. The summed E-state index contributed by atoms with van der Waals surface area (Å²) in [6, 6.07) is 5.64. The van der Waals surface area contributed by atoms with Crippen LogP contribution < -0.4 is 0 Å². The normalized spacial score (nSPS) is 11.3. The number of benzene rings is 1. The first-order valence-corrected chi connectivity index (χ1v) is 5.06. The molecule has 0 aliphatic heterocycles. The van der Waals surface area contributed by atoms with Gasteiger partial charge < -0.3 is 0 Å². The molecule has 0 amide bonds. The molecule has 2 heteroatoms. The van der Waals surface area contributed by atoms with Crippen molar-refractivity contribution in [2.45, 2.75) is 20.8 Å². The molecule has 0 saturated carbocycles. The number of hydrogen-bond donors (Lipinski definition) is 0. The zero-order valence-electron chi connectivity index (χ0n) is 8.07. The molecule has 0 aliphatic rings. The van der Waals surface area contributed by atoms with Crippen molar-refractivity contribution in [2.75, 3.05) is 0 Å². The highest BCUT2D eigenvalue weighted by Gasteiger charge is 2.11. The van der Waals surface area contributed by atoms with E-state index in [1.54, 1.807) is 6.07 Å². The molecule has 1 aromatic rings. The summed E-state index contributed by atoms with van der Waals surface area (Å²) in [6.45, 7) is 6.42. The van der Waals surface area contributed by atoms with Gasteiger partial charge in [0.2, 0.25) is 0 Å². The summed E-state index contributed by atoms with van der Waals surface area (Å²) in [5.41, 5.74) is 1.13. The van der Waals surface area contributed by atoms with Crippen molar-refractivity contribution in [3.05, 3.63) is 39.7 Å². The average molecular weight is 216 g/mol. The van der Waals surface area contributed by atoms with Gasteiger partial charge in [-0.3, -0.25) is 0 Å².